The van der Waals surface area contributed by atoms with Crippen LogP contribution in [0.5, 0.6) is 0 Å². The molecule has 1 aromatic rings. The summed E-state index contributed by atoms with van der Waals surface area (Å²) in [6.45, 7) is 4.09. The van der Waals surface area contributed by atoms with Gasteiger partial charge in [-0.05, 0) is 31.7 Å². The Morgan fingerprint density at radius 2 is 2.10 bits per heavy atom. The van der Waals surface area contributed by atoms with Crippen LogP contribution in [0.15, 0.2) is 17.2 Å². The van der Waals surface area contributed by atoms with E-state index < -0.39 is 0 Å². The Kier molecular flexibility index (Phi) is 2.33. The lowest BCUT2D eigenvalue weighted by Gasteiger charge is -2.00. The SMILES string of the molecule is CSc1cc(C)cnc1C. The van der Waals surface area contributed by atoms with E-state index in [2.05, 4.69) is 24.2 Å². The zero-order valence-corrected chi connectivity index (χ0v) is 7.33. The van der Waals surface area contributed by atoms with Crippen molar-refractivity contribution in [3.8, 4) is 0 Å². The minimum atomic E-state index is 1.12. The highest BCUT2D eigenvalue weighted by molar-refractivity contribution is 7.98. The number of hydrogen-bond donors (Lipinski definition) is 0. The van der Waals surface area contributed by atoms with Crippen molar-refractivity contribution in [3.63, 3.8) is 0 Å². The summed E-state index contributed by atoms with van der Waals surface area (Å²) in [6.07, 6.45) is 3.97. The first-order chi connectivity index (χ1) is 4.74. The summed E-state index contributed by atoms with van der Waals surface area (Å²) in [6, 6.07) is 2.16. The molecule has 1 aromatic heterocycles. The Hall–Kier alpha value is -0.500. The first-order valence-corrected chi connectivity index (χ1v) is 4.43. The van der Waals surface area contributed by atoms with E-state index in [1.54, 1.807) is 11.8 Å². The van der Waals surface area contributed by atoms with Crippen LogP contribution in [0.2, 0.25) is 0 Å². The normalized spacial score (nSPS) is 9.90. The molecule has 0 aliphatic rings. The highest BCUT2D eigenvalue weighted by Gasteiger charge is 1.95. The molecule has 1 nitrogen and oxygen atoms in total. The standard InChI is InChI=1S/C8H11NS/c1-6-4-8(10-3)7(2)9-5-6/h4-5H,1-3H3. The van der Waals surface area contributed by atoms with Gasteiger partial charge >= 0.3 is 0 Å². The molecule has 0 saturated heterocycles. The van der Waals surface area contributed by atoms with Gasteiger partial charge in [-0.25, -0.2) is 0 Å². The van der Waals surface area contributed by atoms with E-state index in [9.17, 15) is 0 Å². The van der Waals surface area contributed by atoms with Crippen molar-refractivity contribution in [1.82, 2.24) is 4.98 Å². The number of rotatable bonds is 1. The molecule has 0 saturated carbocycles. The topological polar surface area (TPSA) is 12.9 Å². The summed E-state index contributed by atoms with van der Waals surface area (Å²) >= 11 is 1.75. The van der Waals surface area contributed by atoms with Gasteiger partial charge in [-0.1, -0.05) is 0 Å². The Labute approximate surface area is 65.9 Å². The second-order valence-corrected chi connectivity index (χ2v) is 3.15. The summed E-state index contributed by atoms with van der Waals surface area (Å²) < 4.78 is 0. The van der Waals surface area contributed by atoms with Crippen LogP contribution in [0.1, 0.15) is 11.3 Å². The summed E-state index contributed by atoms with van der Waals surface area (Å²) in [5.74, 6) is 0. The van der Waals surface area contributed by atoms with Gasteiger partial charge in [-0.15, -0.1) is 11.8 Å². The maximum atomic E-state index is 4.23. The van der Waals surface area contributed by atoms with Crippen LogP contribution >= 0.6 is 11.8 Å². The Bertz CT molecular complexity index is 233. The lowest BCUT2D eigenvalue weighted by atomic mass is 10.3. The third-order valence-corrected chi connectivity index (χ3v) is 2.25. The lowest BCUT2D eigenvalue weighted by molar-refractivity contribution is 1.09. The second-order valence-electron chi connectivity index (χ2n) is 2.30. The van der Waals surface area contributed by atoms with Crippen molar-refractivity contribution >= 4 is 11.8 Å². The van der Waals surface area contributed by atoms with Crippen molar-refractivity contribution in [2.75, 3.05) is 6.26 Å². The van der Waals surface area contributed by atoms with Gasteiger partial charge in [0.15, 0.2) is 0 Å². The van der Waals surface area contributed by atoms with E-state index in [-0.39, 0.29) is 0 Å². The van der Waals surface area contributed by atoms with Crippen molar-refractivity contribution in [2.24, 2.45) is 0 Å². The van der Waals surface area contributed by atoms with Gasteiger partial charge in [0.1, 0.15) is 0 Å². The van der Waals surface area contributed by atoms with E-state index in [0.29, 0.717) is 0 Å². The smallest absolute Gasteiger partial charge is 0.0508 e. The van der Waals surface area contributed by atoms with E-state index in [0.717, 1.165) is 5.69 Å². The number of nitrogens with zero attached hydrogens (tertiary/aromatic N) is 1. The van der Waals surface area contributed by atoms with Crippen molar-refractivity contribution in [2.45, 2.75) is 18.7 Å². The van der Waals surface area contributed by atoms with Crippen LogP contribution in [0.25, 0.3) is 0 Å². The number of thioether (sulfide) groups is 1. The molecular formula is C8H11NS. The molecule has 0 N–H and O–H groups in total. The number of hydrogen-bond acceptors (Lipinski definition) is 2. The fraction of sp³-hybridized carbons (Fsp3) is 0.375. The highest BCUT2D eigenvalue weighted by Crippen LogP contribution is 2.18. The van der Waals surface area contributed by atoms with Crippen LogP contribution < -0.4 is 0 Å². The summed E-state index contributed by atoms with van der Waals surface area (Å²) in [7, 11) is 0. The average Bonchev–Trinajstić information content (AvgIpc) is 1.94. The van der Waals surface area contributed by atoms with Crippen LogP contribution in [-0.4, -0.2) is 11.2 Å². The first-order valence-electron chi connectivity index (χ1n) is 3.21. The first kappa shape index (κ1) is 7.61. The van der Waals surface area contributed by atoms with E-state index in [1.165, 1.54) is 10.5 Å². The van der Waals surface area contributed by atoms with Gasteiger partial charge in [-0.3, -0.25) is 4.98 Å². The number of pyridine rings is 1. The summed E-state index contributed by atoms with van der Waals surface area (Å²) in [4.78, 5) is 5.51. The predicted octanol–water partition coefficient (Wildman–Crippen LogP) is 2.42. The molecule has 0 fully saturated rings. The van der Waals surface area contributed by atoms with Gasteiger partial charge in [-0.2, -0.15) is 0 Å². The molecule has 0 aliphatic heterocycles. The molecule has 54 valence electrons. The van der Waals surface area contributed by atoms with Crippen LogP contribution in [0.3, 0.4) is 0 Å². The van der Waals surface area contributed by atoms with Crippen LogP contribution in [0, 0.1) is 13.8 Å². The van der Waals surface area contributed by atoms with Crippen molar-refractivity contribution in [3.05, 3.63) is 23.5 Å². The van der Waals surface area contributed by atoms with Gasteiger partial charge in [0, 0.05) is 11.1 Å². The quantitative estimate of drug-likeness (QED) is 0.575. The van der Waals surface area contributed by atoms with Gasteiger partial charge < -0.3 is 0 Å². The molecular weight excluding hydrogens is 142 g/mol. The van der Waals surface area contributed by atoms with E-state index in [4.69, 9.17) is 0 Å². The molecule has 0 atom stereocenters. The fourth-order valence-corrected chi connectivity index (χ4v) is 1.47. The fourth-order valence-electron chi connectivity index (χ4n) is 0.817. The molecule has 0 bridgehead atoms. The molecule has 0 aromatic carbocycles. The zero-order valence-electron chi connectivity index (χ0n) is 6.51. The van der Waals surface area contributed by atoms with Gasteiger partial charge in [0.05, 0.1) is 5.69 Å². The third-order valence-electron chi connectivity index (χ3n) is 1.40. The number of aromatic nitrogens is 1. The number of aryl methyl sites for hydroxylation is 2. The van der Waals surface area contributed by atoms with E-state index in [1.807, 2.05) is 13.1 Å². The maximum Gasteiger partial charge on any atom is 0.0508 e. The lowest BCUT2D eigenvalue weighted by Crippen LogP contribution is -1.85. The molecule has 0 radical (unpaired) electrons. The molecule has 0 unspecified atom stereocenters. The highest BCUT2D eigenvalue weighted by atomic mass is 32.2. The molecule has 2 heteroatoms. The van der Waals surface area contributed by atoms with Crippen LogP contribution in [0.4, 0.5) is 0 Å². The Balaban J connectivity index is 3.09. The Morgan fingerprint density at radius 3 is 2.60 bits per heavy atom. The second kappa shape index (κ2) is 3.06. The minimum absolute atomic E-state index is 1.12. The third kappa shape index (κ3) is 1.51. The molecule has 10 heavy (non-hydrogen) atoms. The summed E-state index contributed by atoms with van der Waals surface area (Å²) in [5.41, 5.74) is 2.35. The monoisotopic (exact) mass is 153 g/mol. The Morgan fingerprint density at radius 1 is 1.40 bits per heavy atom. The minimum Gasteiger partial charge on any atom is -0.260 e. The van der Waals surface area contributed by atoms with E-state index >= 15 is 0 Å². The van der Waals surface area contributed by atoms with Crippen molar-refractivity contribution in [1.29, 1.82) is 0 Å². The molecule has 0 amide bonds. The zero-order chi connectivity index (χ0) is 7.56. The van der Waals surface area contributed by atoms with Crippen LogP contribution in [-0.2, 0) is 0 Å². The van der Waals surface area contributed by atoms with Crippen molar-refractivity contribution < 1.29 is 0 Å². The molecule has 0 spiro atoms. The molecule has 1 rings (SSSR count). The maximum absolute atomic E-state index is 4.23. The largest absolute Gasteiger partial charge is 0.260 e. The van der Waals surface area contributed by atoms with Gasteiger partial charge in [0.2, 0.25) is 0 Å². The molecule has 0 aliphatic carbocycles. The average molecular weight is 153 g/mol. The van der Waals surface area contributed by atoms with Gasteiger partial charge in [0.25, 0.3) is 0 Å². The summed E-state index contributed by atoms with van der Waals surface area (Å²) in [5, 5.41) is 0. The molecule has 1 heterocycles. The predicted molar refractivity (Wildman–Crippen MR) is 45.5 cm³/mol.